The minimum absolute atomic E-state index is 0.0677. The Morgan fingerprint density at radius 3 is 2.58 bits per heavy atom. The summed E-state index contributed by atoms with van der Waals surface area (Å²) in [5.41, 5.74) is 7.50. The van der Waals surface area contributed by atoms with Gasteiger partial charge in [0.15, 0.2) is 0 Å². The van der Waals surface area contributed by atoms with Gasteiger partial charge in [0.2, 0.25) is 0 Å². The standard InChI is InChI=1S/C14H22N2O3/c1-9(2)12(8-18-3)16-13-10(14(17)19-4)6-5-7-11(13)15/h5-7,9,12,16H,8,15H2,1-4H3. The van der Waals surface area contributed by atoms with Gasteiger partial charge in [0.25, 0.3) is 0 Å². The Labute approximate surface area is 114 Å². The van der Waals surface area contributed by atoms with Gasteiger partial charge in [0, 0.05) is 7.11 Å². The van der Waals surface area contributed by atoms with Crippen LogP contribution in [-0.4, -0.2) is 32.8 Å². The van der Waals surface area contributed by atoms with Crippen molar-refractivity contribution in [1.29, 1.82) is 0 Å². The Balaban J connectivity index is 3.07. The lowest BCUT2D eigenvalue weighted by molar-refractivity contribution is 0.0601. The topological polar surface area (TPSA) is 73.6 Å². The third-order valence-electron chi connectivity index (χ3n) is 2.98. The van der Waals surface area contributed by atoms with E-state index in [0.717, 1.165) is 0 Å². The van der Waals surface area contributed by atoms with Crippen LogP contribution in [-0.2, 0) is 9.47 Å². The molecule has 0 heterocycles. The van der Waals surface area contributed by atoms with Crippen molar-refractivity contribution in [3.63, 3.8) is 0 Å². The highest BCUT2D eigenvalue weighted by atomic mass is 16.5. The number of rotatable bonds is 6. The zero-order valence-corrected chi connectivity index (χ0v) is 11.9. The third-order valence-corrected chi connectivity index (χ3v) is 2.98. The number of esters is 1. The summed E-state index contributed by atoms with van der Waals surface area (Å²) in [5, 5.41) is 3.28. The molecule has 0 aromatic heterocycles. The molecule has 0 aliphatic heterocycles. The minimum Gasteiger partial charge on any atom is -0.465 e. The molecule has 5 heteroatoms. The maximum absolute atomic E-state index is 11.7. The molecule has 0 spiro atoms. The fourth-order valence-electron chi connectivity index (χ4n) is 1.78. The summed E-state index contributed by atoms with van der Waals surface area (Å²) in [7, 11) is 3.00. The summed E-state index contributed by atoms with van der Waals surface area (Å²) in [6.07, 6.45) is 0. The highest BCUT2D eigenvalue weighted by molar-refractivity contribution is 5.98. The molecule has 0 saturated carbocycles. The second kappa shape index (κ2) is 6.99. The Morgan fingerprint density at radius 2 is 2.05 bits per heavy atom. The number of nitrogens with one attached hydrogen (secondary N) is 1. The Hall–Kier alpha value is -1.75. The number of ether oxygens (including phenoxy) is 2. The first-order valence-electron chi connectivity index (χ1n) is 6.23. The molecule has 0 aliphatic carbocycles. The lowest BCUT2D eigenvalue weighted by atomic mass is 10.0. The molecule has 0 radical (unpaired) electrons. The van der Waals surface area contributed by atoms with Crippen LogP contribution in [0.2, 0.25) is 0 Å². The smallest absolute Gasteiger partial charge is 0.340 e. The largest absolute Gasteiger partial charge is 0.465 e. The van der Waals surface area contributed by atoms with Crippen molar-refractivity contribution in [2.45, 2.75) is 19.9 Å². The first kappa shape index (κ1) is 15.3. The maximum atomic E-state index is 11.7. The molecule has 19 heavy (non-hydrogen) atoms. The van der Waals surface area contributed by atoms with E-state index >= 15 is 0 Å². The number of hydrogen-bond donors (Lipinski definition) is 2. The average Bonchev–Trinajstić information content (AvgIpc) is 2.39. The van der Waals surface area contributed by atoms with Gasteiger partial charge in [-0.05, 0) is 18.1 Å². The Bertz CT molecular complexity index is 433. The molecule has 1 aromatic carbocycles. The van der Waals surface area contributed by atoms with Crippen molar-refractivity contribution in [2.24, 2.45) is 5.92 Å². The lowest BCUT2D eigenvalue weighted by Crippen LogP contribution is -2.31. The van der Waals surface area contributed by atoms with Crippen LogP contribution in [0.3, 0.4) is 0 Å². The first-order valence-corrected chi connectivity index (χ1v) is 6.23. The number of methoxy groups -OCH3 is 2. The van der Waals surface area contributed by atoms with Crippen LogP contribution in [0.4, 0.5) is 11.4 Å². The molecule has 1 atom stereocenters. The Kier molecular flexibility index (Phi) is 5.63. The fourth-order valence-corrected chi connectivity index (χ4v) is 1.78. The van der Waals surface area contributed by atoms with E-state index in [0.29, 0.717) is 29.5 Å². The number of hydrogen-bond acceptors (Lipinski definition) is 5. The van der Waals surface area contributed by atoms with Crippen molar-refractivity contribution in [2.75, 3.05) is 31.9 Å². The van der Waals surface area contributed by atoms with E-state index in [9.17, 15) is 4.79 Å². The van der Waals surface area contributed by atoms with Crippen LogP contribution < -0.4 is 11.1 Å². The van der Waals surface area contributed by atoms with Gasteiger partial charge in [-0.15, -0.1) is 0 Å². The quantitative estimate of drug-likeness (QED) is 0.609. The zero-order chi connectivity index (χ0) is 14.4. The predicted molar refractivity (Wildman–Crippen MR) is 76.3 cm³/mol. The summed E-state index contributed by atoms with van der Waals surface area (Å²) < 4.78 is 9.95. The second-order valence-corrected chi connectivity index (χ2v) is 4.71. The van der Waals surface area contributed by atoms with E-state index in [1.54, 1.807) is 25.3 Å². The number of carbonyl (C=O) groups is 1. The molecule has 0 fully saturated rings. The molecular formula is C14H22N2O3. The van der Waals surface area contributed by atoms with E-state index in [-0.39, 0.29) is 6.04 Å². The summed E-state index contributed by atoms with van der Waals surface area (Å²) in [6.45, 7) is 4.69. The molecule has 0 amide bonds. The van der Waals surface area contributed by atoms with Crippen molar-refractivity contribution < 1.29 is 14.3 Å². The van der Waals surface area contributed by atoms with Gasteiger partial charge >= 0.3 is 5.97 Å². The lowest BCUT2D eigenvalue weighted by Gasteiger charge is -2.24. The number of para-hydroxylation sites is 1. The second-order valence-electron chi connectivity index (χ2n) is 4.71. The highest BCUT2D eigenvalue weighted by Crippen LogP contribution is 2.26. The van der Waals surface area contributed by atoms with E-state index in [1.807, 2.05) is 0 Å². The van der Waals surface area contributed by atoms with E-state index in [2.05, 4.69) is 19.2 Å². The molecule has 0 saturated heterocycles. The molecule has 1 aromatic rings. The SMILES string of the molecule is COCC(Nc1c(N)cccc1C(=O)OC)C(C)C. The summed E-state index contributed by atoms with van der Waals surface area (Å²) in [5.74, 6) is -0.0697. The van der Waals surface area contributed by atoms with Crippen molar-refractivity contribution in [1.82, 2.24) is 0 Å². The molecular weight excluding hydrogens is 244 g/mol. The molecule has 1 rings (SSSR count). The fraction of sp³-hybridized carbons (Fsp3) is 0.500. The van der Waals surface area contributed by atoms with Gasteiger partial charge in [0.1, 0.15) is 0 Å². The number of nitrogen functional groups attached to an aromatic ring is 1. The first-order chi connectivity index (χ1) is 9.01. The summed E-state index contributed by atoms with van der Waals surface area (Å²) >= 11 is 0. The molecule has 106 valence electrons. The van der Waals surface area contributed by atoms with Gasteiger partial charge in [-0.2, -0.15) is 0 Å². The van der Waals surface area contributed by atoms with Crippen LogP contribution in [0.1, 0.15) is 24.2 Å². The number of nitrogens with two attached hydrogens (primary N) is 1. The van der Waals surface area contributed by atoms with Crippen LogP contribution in [0, 0.1) is 5.92 Å². The van der Waals surface area contributed by atoms with Crippen molar-refractivity contribution >= 4 is 17.3 Å². The molecule has 5 nitrogen and oxygen atoms in total. The van der Waals surface area contributed by atoms with Crippen LogP contribution in [0.15, 0.2) is 18.2 Å². The van der Waals surface area contributed by atoms with Crippen LogP contribution in [0.5, 0.6) is 0 Å². The summed E-state index contributed by atoms with van der Waals surface area (Å²) in [6, 6.07) is 5.24. The summed E-state index contributed by atoms with van der Waals surface area (Å²) in [4.78, 5) is 11.7. The van der Waals surface area contributed by atoms with Crippen molar-refractivity contribution in [3.05, 3.63) is 23.8 Å². The maximum Gasteiger partial charge on any atom is 0.340 e. The average molecular weight is 266 g/mol. The highest BCUT2D eigenvalue weighted by Gasteiger charge is 2.19. The molecule has 0 bridgehead atoms. The number of benzene rings is 1. The van der Waals surface area contributed by atoms with Crippen molar-refractivity contribution in [3.8, 4) is 0 Å². The molecule has 1 unspecified atom stereocenters. The van der Waals surface area contributed by atoms with Crippen LogP contribution >= 0.6 is 0 Å². The minimum atomic E-state index is -0.408. The van der Waals surface area contributed by atoms with Gasteiger partial charge in [0.05, 0.1) is 36.7 Å². The van der Waals surface area contributed by atoms with E-state index in [1.165, 1.54) is 7.11 Å². The Morgan fingerprint density at radius 1 is 1.37 bits per heavy atom. The van der Waals surface area contributed by atoms with Gasteiger partial charge in [-0.3, -0.25) is 0 Å². The van der Waals surface area contributed by atoms with Crippen LogP contribution in [0.25, 0.3) is 0 Å². The van der Waals surface area contributed by atoms with E-state index in [4.69, 9.17) is 15.2 Å². The molecule has 3 N–H and O–H groups in total. The predicted octanol–water partition coefficient (Wildman–Crippen LogP) is 2.14. The van der Waals surface area contributed by atoms with Gasteiger partial charge in [-0.25, -0.2) is 4.79 Å². The molecule has 0 aliphatic rings. The normalized spacial score (nSPS) is 12.3. The monoisotopic (exact) mass is 266 g/mol. The van der Waals surface area contributed by atoms with Gasteiger partial charge in [-0.1, -0.05) is 19.9 Å². The van der Waals surface area contributed by atoms with E-state index < -0.39 is 5.97 Å². The number of anilines is 2. The zero-order valence-electron chi connectivity index (χ0n) is 11.9. The number of carbonyl (C=O) groups excluding carboxylic acids is 1. The third kappa shape index (κ3) is 3.86. The van der Waals surface area contributed by atoms with Gasteiger partial charge < -0.3 is 20.5 Å².